The number of nitrogens with zero attached hydrogens (tertiary/aromatic N) is 4. The zero-order chi connectivity index (χ0) is 14.8. The number of ether oxygens (including phenoxy) is 1. The van der Waals surface area contributed by atoms with Crippen molar-refractivity contribution in [2.75, 3.05) is 7.11 Å². The molecule has 0 spiro atoms. The molecule has 21 heavy (non-hydrogen) atoms. The third kappa shape index (κ3) is 2.15. The highest BCUT2D eigenvalue weighted by molar-refractivity contribution is 5.64. The summed E-state index contributed by atoms with van der Waals surface area (Å²) in [5.74, 6) is 1.17. The lowest BCUT2D eigenvalue weighted by Gasteiger charge is -2.10. The molecule has 0 bridgehead atoms. The number of hydrogen-bond acceptors (Lipinski definition) is 5. The molecular formula is C15H12N4O2. The van der Waals surface area contributed by atoms with E-state index in [-0.39, 0.29) is 5.69 Å². The van der Waals surface area contributed by atoms with Gasteiger partial charge < -0.3 is 9.15 Å². The average Bonchev–Trinajstić information content (AvgIpc) is 3.15. The molecule has 6 nitrogen and oxygen atoms in total. The molecule has 1 aromatic carbocycles. The molecule has 0 saturated carbocycles. The van der Waals surface area contributed by atoms with Crippen molar-refractivity contribution in [2.45, 2.75) is 6.92 Å². The third-order valence-corrected chi connectivity index (χ3v) is 3.09. The molecule has 0 aliphatic carbocycles. The fourth-order valence-electron chi connectivity index (χ4n) is 2.13. The summed E-state index contributed by atoms with van der Waals surface area (Å²) in [4.78, 5) is 0. The van der Waals surface area contributed by atoms with Crippen LogP contribution < -0.4 is 4.74 Å². The van der Waals surface area contributed by atoms with E-state index in [4.69, 9.17) is 9.15 Å². The molecule has 6 heteroatoms. The monoisotopic (exact) mass is 280 g/mol. The van der Waals surface area contributed by atoms with Crippen molar-refractivity contribution in [3.63, 3.8) is 0 Å². The van der Waals surface area contributed by atoms with Crippen LogP contribution in [0.25, 0.3) is 17.1 Å². The largest absolute Gasteiger partial charge is 0.494 e. The Morgan fingerprint density at radius 2 is 2.19 bits per heavy atom. The SMILES string of the molecule is COc1ccc(C)cc1-n1nnc(C#N)c1-c1ccco1. The van der Waals surface area contributed by atoms with Crippen LogP contribution in [0, 0.1) is 18.3 Å². The van der Waals surface area contributed by atoms with Crippen LogP contribution in [0.3, 0.4) is 0 Å². The van der Waals surface area contributed by atoms with Crippen molar-refractivity contribution < 1.29 is 9.15 Å². The lowest BCUT2D eigenvalue weighted by molar-refractivity contribution is 0.411. The Morgan fingerprint density at radius 1 is 1.33 bits per heavy atom. The maximum Gasteiger partial charge on any atom is 0.194 e. The van der Waals surface area contributed by atoms with E-state index in [9.17, 15) is 5.26 Å². The molecule has 0 N–H and O–H groups in total. The number of aromatic nitrogens is 3. The van der Waals surface area contributed by atoms with Crippen molar-refractivity contribution in [3.8, 4) is 29.0 Å². The van der Waals surface area contributed by atoms with E-state index >= 15 is 0 Å². The number of hydrogen-bond donors (Lipinski definition) is 0. The second-order valence-electron chi connectivity index (χ2n) is 4.46. The lowest BCUT2D eigenvalue weighted by Crippen LogP contribution is -2.02. The van der Waals surface area contributed by atoms with Gasteiger partial charge in [-0.15, -0.1) is 5.10 Å². The Morgan fingerprint density at radius 3 is 2.86 bits per heavy atom. The van der Waals surface area contributed by atoms with E-state index in [1.165, 1.54) is 0 Å². The van der Waals surface area contributed by atoms with Crippen LogP contribution in [0.2, 0.25) is 0 Å². The van der Waals surface area contributed by atoms with Gasteiger partial charge in [-0.1, -0.05) is 11.3 Å². The van der Waals surface area contributed by atoms with E-state index in [0.29, 0.717) is 22.9 Å². The minimum atomic E-state index is 0.202. The molecule has 0 radical (unpaired) electrons. The van der Waals surface area contributed by atoms with Gasteiger partial charge in [-0.25, -0.2) is 4.68 Å². The first-order chi connectivity index (χ1) is 10.2. The first kappa shape index (κ1) is 12.9. The number of furan rings is 1. The quantitative estimate of drug-likeness (QED) is 0.737. The molecule has 104 valence electrons. The van der Waals surface area contributed by atoms with Gasteiger partial charge in [0.25, 0.3) is 0 Å². The second kappa shape index (κ2) is 5.13. The van der Waals surface area contributed by atoms with Crippen LogP contribution >= 0.6 is 0 Å². The first-order valence-corrected chi connectivity index (χ1v) is 6.29. The number of benzene rings is 1. The fourth-order valence-corrected chi connectivity index (χ4v) is 2.13. The van der Waals surface area contributed by atoms with Gasteiger partial charge in [0, 0.05) is 0 Å². The summed E-state index contributed by atoms with van der Waals surface area (Å²) >= 11 is 0. The number of methoxy groups -OCH3 is 1. The van der Waals surface area contributed by atoms with Crippen molar-refractivity contribution in [3.05, 3.63) is 47.9 Å². The van der Waals surface area contributed by atoms with Crippen LogP contribution in [0.15, 0.2) is 41.0 Å². The van der Waals surface area contributed by atoms with E-state index in [0.717, 1.165) is 5.56 Å². The van der Waals surface area contributed by atoms with Crippen molar-refractivity contribution in [1.29, 1.82) is 5.26 Å². The molecule has 0 atom stereocenters. The van der Waals surface area contributed by atoms with Crippen LogP contribution in [-0.2, 0) is 0 Å². The van der Waals surface area contributed by atoms with Crippen LogP contribution in [0.5, 0.6) is 5.75 Å². The van der Waals surface area contributed by atoms with Gasteiger partial charge in [0.05, 0.1) is 13.4 Å². The predicted molar refractivity (Wildman–Crippen MR) is 75.1 cm³/mol. The van der Waals surface area contributed by atoms with Crippen LogP contribution in [0.4, 0.5) is 0 Å². The molecule has 0 amide bonds. The molecule has 2 aromatic heterocycles. The fraction of sp³-hybridized carbons (Fsp3) is 0.133. The molecule has 3 rings (SSSR count). The maximum atomic E-state index is 9.22. The van der Waals surface area contributed by atoms with Gasteiger partial charge in [-0.2, -0.15) is 5.26 Å². The Kier molecular flexibility index (Phi) is 3.16. The summed E-state index contributed by atoms with van der Waals surface area (Å²) in [6.07, 6.45) is 1.54. The number of nitriles is 1. The maximum absolute atomic E-state index is 9.22. The zero-order valence-corrected chi connectivity index (χ0v) is 11.6. The van der Waals surface area contributed by atoms with E-state index in [1.54, 1.807) is 30.2 Å². The van der Waals surface area contributed by atoms with E-state index in [2.05, 4.69) is 10.3 Å². The van der Waals surface area contributed by atoms with Gasteiger partial charge in [-0.3, -0.25) is 0 Å². The highest BCUT2D eigenvalue weighted by Crippen LogP contribution is 2.30. The first-order valence-electron chi connectivity index (χ1n) is 6.29. The summed E-state index contributed by atoms with van der Waals surface area (Å²) in [5, 5.41) is 17.2. The Bertz CT molecular complexity index is 813. The summed E-state index contributed by atoms with van der Waals surface area (Å²) in [6.45, 7) is 1.97. The summed E-state index contributed by atoms with van der Waals surface area (Å²) in [5.41, 5.74) is 2.46. The van der Waals surface area contributed by atoms with Crippen molar-refractivity contribution in [2.24, 2.45) is 0 Å². The van der Waals surface area contributed by atoms with Crippen molar-refractivity contribution >= 4 is 0 Å². The van der Waals surface area contributed by atoms with Gasteiger partial charge in [-0.05, 0) is 36.8 Å². The molecule has 2 heterocycles. The minimum Gasteiger partial charge on any atom is -0.494 e. The number of aryl methyl sites for hydroxylation is 1. The standard InChI is InChI=1S/C15H12N4O2/c1-10-5-6-13(20-2)12(8-10)19-15(11(9-16)17-18-19)14-4-3-7-21-14/h3-8H,1-2H3. The molecule has 0 aliphatic rings. The Balaban J connectivity index is 2.28. The summed E-state index contributed by atoms with van der Waals surface area (Å²) in [7, 11) is 1.59. The van der Waals surface area contributed by atoms with Gasteiger partial charge in [0.2, 0.25) is 0 Å². The normalized spacial score (nSPS) is 10.3. The Hall–Kier alpha value is -3.07. The molecule has 0 fully saturated rings. The topological polar surface area (TPSA) is 76.9 Å². The minimum absolute atomic E-state index is 0.202. The highest BCUT2D eigenvalue weighted by Gasteiger charge is 2.20. The van der Waals surface area contributed by atoms with Crippen LogP contribution in [0.1, 0.15) is 11.3 Å². The third-order valence-electron chi connectivity index (χ3n) is 3.09. The Labute approximate surface area is 121 Å². The second-order valence-corrected chi connectivity index (χ2v) is 4.46. The lowest BCUT2D eigenvalue weighted by atomic mass is 10.2. The van der Waals surface area contributed by atoms with Gasteiger partial charge >= 0.3 is 0 Å². The summed E-state index contributed by atoms with van der Waals surface area (Å²) in [6, 6.07) is 11.3. The van der Waals surface area contributed by atoms with E-state index in [1.807, 2.05) is 31.2 Å². The van der Waals surface area contributed by atoms with Gasteiger partial charge in [0.1, 0.15) is 23.2 Å². The predicted octanol–water partition coefficient (Wildman–Crippen LogP) is 2.72. The van der Waals surface area contributed by atoms with Gasteiger partial charge in [0.15, 0.2) is 11.5 Å². The highest BCUT2D eigenvalue weighted by atomic mass is 16.5. The zero-order valence-electron chi connectivity index (χ0n) is 11.6. The number of rotatable bonds is 3. The molecule has 0 unspecified atom stereocenters. The van der Waals surface area contributed by atoms with E-state index < -0.39 is 0 Å². The molecule has 3 aromatic rings. The molecular weight excluding hydrogens is 268 g/mol. The average molecular weight is 280 g/mol. The smallest absolute Gasteiger partial charge is 0.194 e. The summed E-state index contributed by atoms with van der Waals surface area (Å²) < 4.78 is 12.3. The van der Waals surface area contributed by atoms with Crippen LogP contribution in [-0.4, -0.2) is 22.1 Å². The molecule has 0 aliphatic heterocycles. The van der Waals surface area contributed by atoms with Crippen molar-refractivity contribution in [1.82, 2.24) is 15.0 Å². The molecule has 0 saturated heterocycles.